The molecule has 0 spiro atoms. The number of fused-ring (bicyclic) bond motifs is 2. The molecule has 1 N–H and O–H groups in total. The molecule has 0 fully saturated rings. The molecule has 0 saturated heterocycles. The number of carbonyl (C=O) groups is 1. The highest BCUT2D eigenvalue weighted by molar-refractivity contribution is 5.96. The average molecular weight is 412 g/mol. The molecule has 0 amide bonds. The molecule has 3 aromatic rings. The molecule has 0 aliphatic heterocycles. The van der Waals surface area contributed by atoms with Gasteiger partial charge in [0.2, 0.25) is 5.43 Å². The van der Waals surface area contributed by atoms with Gasteiger partial charge in [-0.1, -0.05) is 27.7 Å². The van der Waals surface area contributed by atoms with E-state index in [1.807, 2.05) is 19.9 Å². The molecule has 1 aromatic heterocycles. The predicted molar refractivity (Wildman–Crippen MR) is 116 cm³/mol. The van der Waals surface area contributed by atoms with Crippen molar-refractivity contribution in [3.8, 4) is 0 Å². The van der Waals surface area contributed by atoms with Gasteiger partial charge in [0, 0.05) is 19.8 Å². The number of methoxy groups -OCH3 is 2. The summed E-state index contributed by atoms with van der Waals surface area (Å²) in [4.78, 5) is 24.8. The van der Waals surface area contributed by atoms with E-state index in [0.717, 1.165) is 11.1 Å². The summed E-state index contributed by atoms with van der Waals surface area (Å²) < 4.78 is 17.6. The summed E-state index contributed by atoms with van der Waals surface area (Å²) in [5.74, 6) is -0.764. The second-order valence-corrected chi connectivity index (χ2v) is 8.23. The quantitative estimate of drug-likeness (QED) is 0.528. The van der Waals surface area contributed by atoms with E-state index in [1.165, 1.54) is 18.2 Å². The molecule has 2 atom stereocenters. The van der Waals surface area contributed by atoms with Crippen molar-refractivity contribution < 1.29 is 23.8 Å². The van der Waals surface area contributed by atoms with Gasteiger partial charge >= 0.3 is 5.97 Å². The van der Waals surface area contributed by atoms with E-state index in [9.17, 15) is 14.7 Å². The molecule has 160 valence electrons. The Morgan fingerprint density at radius 3 is 2.10 bits per heavy atom. The van der Waals surface area contributed by atoms with E-state index in [4.69, 9.17) is 13.9 Å². The third-order valence-corrected chi connectivity index (χ3v) is 5.42. The molecule has 2 unspecified atom stereocenters. The Morgan fingerprint density at radius 2 is 1.57 bits per heavy atom. The van der Waals surface area contributed by atoms with Gasteiger partial charge in [-0.2, -0.15) is 0 Å². The first-order valence-corrected chi connectivity index (χ1v) is 10.0. The van der Waals surface area contributed by atoms with Crippen molar-refractivity contribution >= 4 is 27.9 Å². The number of rotatable bonds is 7. The van der Waals surface area contributed by atoms with Crippen molar-refractivity contribution in [2.24, 2.45) is 11.8 Å². The van der Waals surface area contributed by atoms with E-state index < -0.39 is 5.97 Å². The number of hydrogen-bond acceptors (Lipinski definition) is 5. The van der Waals surface area contributed by atoms with Gasteiger partial charge in [0.05, 0.1) is 28.5 Å². The molecular weight excluding hydrogens is 384 g/mol. The minimum atomic E-state index is -1.09. The van der Waals surface area contributed by atoms with E-state index >= 15 is 0 Å². The number of ether oxygens (including phenoxy) is 2. The van der Waals surface area contributed by atoms with E-state index in [-0.39, 0.29) is 40.4 Å². The van der Waals surface area contributed by atoms with Gasteiger partial charge in [-0.05, 0) is 47.7 Å². The summed E-state index contributed by atoms with van der Waals surface area (Å²) in [6.45, 7) is 8.19. The van der Waals surface area contributed by atoms with Crippen LogP contribution in [-0.2, 0) is 9.47 Å². The smallest absolute Gasteiger partial charge is 0.335 e. The van der Waals surface area contributed by atoms with Gasteiger partial charge in [0.15, 0.2) is 0 Å². The first-order valence-electron chi connectivity index (χ1n) is 10.0. The molecular formula is C24H28O6. The Morgan fingerprint density at radius 1 is 0.933 bits per heavy atom. The highest BCUT2D eigenvalue weighted by Crippen LogP contribution is 2.36. The van der Waals surface area contributed by atoms with Gasteiger partial charge in [-0.25, -0.2) is 4.79 Å². The van der Waals surface area contributed by atoms with Crippen molar-refractivity contribution in [3.05, 3.63) is 57.2 Å². The lowest BCUT2D eigenvalue weighted by molar-refractivity contribution is 0.0596. The van der Waals surface area contributed by atoms with Crippen LogP contribution >= 0.6 is 0 Å². The van der Waals surface area contributed by atoms with Crippen molar-refractivity contribution in [2.45, 2.75) is 39.9 Å². The van der Waals surface area contributed by atoms with Gasteiger partial charge in [0.25, 0.3) is 0 Å². The highest BCUT2D eigenvalue weighted by atomic mass is 16.5. The van der Waals surface area contributed by atoms with Crippen LogP contribution in [0.15, 0.2) is 39.5 Å². The standard InChI is InChI=1S/C24H28O6/c1-12(2)21(28-5)15-10-17-20(25)16-9-14(24(26)27)7-8-19(16)30-23(17)18(11-15)22(29-6)13(3)4/h7-13,21-22H,1-6H3,(H,26,27). The van der Waals surface area contributed by atoms with Gasteiger partial charge in [-0.15, -0.1) is 0 Å². The first-order chi connectivity index (χ1) is 14.2. The maximum Gasteiger partial charge on any atom is 0.335 e. The number of hydrogen-bond donors (Lipinski definition) is 1. The van der Waals surface area contributed by atoms with Crippen molar-refractivity contribution in [1.82, 2.24) is 0 Å². The average Bonchev–Trinajstić information content (AvgIpc) is 2.69. The lowest BCUT2D eigenvalue weighted by Gasteiger charge is -2.25. The van der Waals surface area contributed by atoms with Crippen LogP contribution in [0.4, 0.5) is 0 Å². The lowest BCUT2D eigenvalue weighted by Crippen LogP contribution is -2.15. The Bertz CT molecular complexity index is 1140. The SMILES string of the molecule is COC(c1cc(C(OC)C(C)C)c2oc3ccc(C(=O)O)cc3c(=O)c2c1)C(C)C. The normalized spacial score (nSPS) is 14.0. The lowest BCUT2D eigenvalue weighted by atomic mass is 9.90. The van der Waals surface area contributed by atoms with Gasteiger partial charge < -0.3 is 19.0 Å². The molecule has 30 heavy (non-hydrogen) atoms. The zero-order chi connectivity index (χ0) is 22.2. The number of carboxylic acids is 1. The molecule has 6 nitrogen and oxygen atoms in total. The summed E-state index contributed by atoms with van der Waals surface area (Å²) in [6.07, 6.45) is -0.491. The maximum atomic E-state index is 13.4. The molecule has 1 heterocycles. The van der Waals surface area contributed by atoms with Crippen LogP contribution in [0, 0.1) is 11.8 Å². The van der Waals surface area contributed by atoms with Gasteiger partial charge in [-0.3, -0.25) is 4.79 Å². The summed E-state index contributed by atoms with van der Waals surface area (Å²) in [7, 11) is 3.28. The van der Waals surface area contributed by atoms with Crippen molar-refractivity contribution in [2.75, 3.05) is 14.2 Å². The molecule has 6 heteroatoms. The summed E-state index contributed by atoms with van der Waals surface area (Å²) >= 11 is 0. The first kappa shape index (κ1) is 22.0. The van der Waals surface area contributed by atoms with Crippen LogP contribution in [0.5, 0.6) is 0 Å². The summed E-state index contributed by atoms with van der Waals surface area (Å²) in [5, 5.41) is 9.93. The maximum absolute atomic E-state index is 13.4. The molecule has 0 aliphatic rings. The Labute approximate surface area is 175 Å². The van der Waals surface area contributed by atoms with E-state index in [1.54, 1.807) is 20.3 Å². The third-order valence-electron chi connectivity index (χ3n) is 5.42. The molecule has 0 radical (unpaired) electrons. The van der Waals surface area contributed by atoms with Crippen molar-refractivity contribution in [3.63, 3.8) is 0 Å². The van der Waals surface area contributed by atoms with E-state index in [2.05, 4.69) is 13.8 Å². The second-order valence-electron chi connectivity index (χ2n) is 8.23. The zero-order valence-electron chi connectivity index (χ0n) is 18.2. The summed E-state index contributed by atoms with van der Waals surface area (Å²) in [6, 6.07) is 8.11. The minimum absolute atomic E-state index is 0.0411. The van der Waals surface area contributed by atoms with Crippen LogP contribution < -0.4 is 5.43 Å². The molecule has 0 saturated carbocycles. The predicted octanol–water partition coefficient (Wildman–Crippen LogP) is 5.33. The topological polar surface area (TPSA) is 86.0 Å². The Kier molecular flexibility index (Phi) is 6.29. The fraction of sp³-hybridized carbons (Fsp3) is 0.417. The van der Waals surface area contributed by atoms with Crippen LogP contribution in [0.1, 0.15) is 61.4 Å². The molecule has 0 bridgehead atoms. The zero-order valence-corrected chi connectivity index (χ0v) is 18.2. The van der Waals surface area contributed by atoms with Crippen LogP contribution in [0.3, 0.4) is 0 Å². The largest absolute Gasteiger partial charge is 0.478 e. The summed E-state index contributed by atoms with van der Waals surface area (Å²) in [5.41, 5.74) is 2.22. The van der Waals surface area contributed by atoms with Gasteiger partial charge in [0.1, 0.15) is 11.2 Å². The third kappa shape index (κ3) is 3.85. The molecule has 0 aliphatic carbocycles. The van der Waals surface area contributed by atoms with Crippen LogP contribution in [0.2, 0.25) is 0 Å². The number of aromatic carboxylic acids is 1. The van der Waals surface area contributed by atoms with Crippen LogP contribution in [0.25, 0.3) is 21.9 Å². The second kappa shape index (κ2) is 8.58. The van der Waals surface area contributed by atoms with Crippen molar-refractivity contribution in [1.29, 1.82) is 0 Å². The minimum Gasteiger partial charge on any atom is -0.478 e. The highest BCUT2D eigenvalue weighted by Gasteiger charge is 2.25. The fourth-order valence-corrected chi connectivity index (χ4v) is 4.07. The number of carboxylic acid groups (broad SMARTS) is 1. The Balaban J connectivity index is 2.44. The molecule has 3 rings (SSSR count). The van der Waals surface area contributed by atoms with Crippen LogP contribution in [-0.4, -0.2) is 25.3 Å². The monoisotopic (exact) mass is 412 g/mol. The fourth-order valence-electron chi connectivity index (χ4n) is 4.07. The van der Waals surface area contributed by atoms with E-state index in [0.29, 0.717) is 16.6 Å². The molecule has 2 aromatic carbocycles. The number of benzene rings is 2. The Hall–Kier alpha value is -2.70.